The molecule has 0 N–H and O–H groups in total. The van der Waals surface area contributed by atoms with Crippen LogP contribution in [0, 0.1) is 7.14 Å². The lowest BCUT2D eigenvalue weighted by molar-refractivity contribution is 0.00578. The quantitative estimate of drug-likeness (QED) is 0.354. The van der Waals surface area contributed by atoms with Crippen molar-refractivity contribution >= 4 is 57.8 Å². The first-order valence-electron chi connectivity index (χ1n) is 9.06. The first kappa shape index (κ1) is 20.6. The van der Waals surface area contributed by atoms with Crippen LogP contribution in [0.3, 0.4) is 0 Å². The lowest BCUT2D eigenvalue weighted by Gasteiger charge is -2.32. The van der Waals surface area contributed by atoms with Crippen LogP contribution >= 0.6 is 45.2 Å². The van der Waals surface area contributed by atoms with Crippen molar-refractivity contribution in [2.45, 2.75) is 58.2 Å². The molecule has 1 heterocycles. The Hall–Kier alpha value is -0.115. The first-order chi connectivity index (χ1) is 12.2. The number of rotatable bonds is 5. The molecule has 1 aliphatic heterocycles. The minimum absolute atomic E-state index is 0.275. The largest absolute Gasteiger partial charge is 0.494 e. The predicted molar refractivity (Wildman–Crippen MR) is 126 cm³/mol. The van der Waals surface area contributed by atoms with Crippen LogP contribution in [-0.2, 0) is 22.2 Å². The van der Waals surface area contributed by atoms with E-state index in [1.165, 1.54) is 18.3 Å². The van der Waals surface area contributed by atoms with Gasteiger partial charge < -0.3 is 9.31 Å². The van der Waals surface area contributed by atoms with Crippen molar-refractivity contribution in [3.63, 3.8) is 0 Å². The molecule has 0 aromatic heterocycles. The summed E-state index contributed by atoms with van der Waals surface area (Å²) < 4.78 is 14.9. The molecule has 0 aliphatic carbocycles. The molecule has 2 aromatic carbocycles. The van der Waals surface area contributed by atoms with Crippen molar-refractivity contribution in [2.24, 2.45) is 0 Å². The van der Waals surface area contributed by atoms with Gasteiger partial charge in [-0.1, -0.05) is 24.3 Å². The molecule has 0 saturated carbocycles. The van der Waals surface area contributed by atoms with Crippen molar-refractivity contribution < 1.29 is 9.31 Å². The van der Waals surface area contributed by atoms with E-state index in [1.54, 1.807) is 0 Å². The Morgan fingerprint density at radius 1 is 0.769 bits per heavy atom. The van der Waals surface area contributed by atoms with Gasteiger partial charge in [0.2, 0.25) is 0 Å². The van der Waals surface area contributed by atoms with Crippen LogP contribution < -0.4 is 5.46 Å². The number of benzene rings is 2. The summed E-state index contributed by atoms with van der Waals surface area (Å²) in [4.78, 5) is 0. The van der Waals surface area contributed by atoms with E-state index >= 15 is 0 Å². The predicted octanol–water partition coefficient (Wildman–Crippen LogP) is 5.37. The fourth-order valence-electron chi connectivity index (χ4n) is 3.07. The standard InChI is InChI=1S/C21H25BI2O2/c1-20(2)21(3,4)26-22(25-20)17-10-8-15(9-11-17)6-5-7-16-12-18(23)14-19(24)13-16/h8-14H,5-7H2,1-4H3. The molecular weight excluding hydrogens is 549 g/mol. The lowest BCUT2D eigenvalue weighted by atomic mass is 9.78. The molecule has 0 unspecified atom stereocenters. The minimum Gasteiger partial charge on any atom is -0.399 e. The van der Waals surface area contributed by atoms with Gasteiger partial charge in [-0.05, 0) is 127 Å². The van der Waals surface area contributed by atoms with Gasteiger partial charge in [0.1, 0.15) is 0 Å². The zero-order valence-corrected chi connectivity index (χ0v) is 20.1. The highest BCUT2D eigenvalue weighted by molar-refractivity contribution is 14.1. The Morgan fingerprint density at radius 3 is 1.81 bits per heavy atom. The Labute approximate surface area is 184 Å². The minimum atomic E-state index is -0.291. The highest BCUT2D eigenvalue weighted by atomic mass is 127. The summed E-state index contributed by atoms with van der Waals surface area (Å²) in [6.45, 7) is 8.36. The second-order valence-electron chi connectivity index (χ2n) is 7.96. The zero-order chi connectivity index (χ0) is 18.9. The Morgan fingerprint density at radius 2 is 1.27 bits per heavy atom. The average Bonchev–Trinajstić information content (AvgIpc) is 2.75. The van der Waals surface area contributed by atoms with E-state index in [1.807, 2.05) is 0 Å². The molecule has 1 aliphatic rings. The second kappa shape index (κ2) is 8.09. The monoisotopic (exact) mass is 574 g/mol. The van der Waals surface area contributed by atoms with Gasteiger partial charge >= 0.3 is 7.12 Å². The highest BCUT2D eigenvalue weighted by Crippen LogP contribution is 2.36. The maximum atomic E-state index is 6.13. The fraction of sp³-hybridized carbons (Fsp3) is 0.429. The summed E-state index contributed by atoms with van der Waals surface area (Å²) in [6.07, 6.45) is 3.36. The van der Waals surface area contributed by atoms with Gasteiger partial charge in [0, 0.05) is 7.14 Å². The van der Waals surface area contributed by atoms with Gasteiger partial charge in [-0.15, -0.1) is 0 Å². The molecule has 1 fully saturated rings. The number of hydrogen-bond acceptors (Lipinski definition) is 2. The lowest BCUT2D eigenvalue weighted by Crippen LogP contribution is -2.41. The highest BCUT2D eigenvalue weighted by Gasteiger charge is 2.51. The molecule has 1 saturated heterocycles. The summed E-state index contributed by atoms with van der Waals surface area (Å²) in [6, 6.07) is 15.5. The van der Waals surface area contributed by atoms with E-state index in [-0.39, 0.29) is 18.3 Å². The van der Waals surface area contributed by atoms with Crippen LogP contribution in [0.1, 0.15) is 45.2 Å². The third kappa shape index (κ3) is 4.83. The van der Waals surface area contributed by atoms with Gasteiger partial charge in [-0.2, -0.15) is 0 Å². The Bertz CT molecular complexity index is 736. The summed E-state index contributed by atoms with van der Waals surface area (Å²) in [7, 11) is -0.275. The van der Waals surface area contributed by atoms with Crippen LogP contribution in [0.5, 0.6) is 0 Å². The van der Waals surface area contributed by atoms with Crippen LogP contribution in [-0.4, -0.2) is 18.3 Å². The summed E-state index contributed by atoms with van der Waals surface area (Å²) in [5, 5.41) is 0. The van der Waals surface area contributed by atoms with Crippen molar-refractivity contribution in [2.75, 3.05) is 0 Å². The number of halogens is 2. The molecule has 0 radical (unpaired) electrons. The molecule has 0 amide bonds. The van der Waals surface area contributed by atoms with Crippen molar-refractivity contribution in [1.82, 2.24) is 0 Å². The summed E-state index contributed by atoms with van der Waals surface area (Å²) in [5.41, 5.74) is 3.31. The Kier molecular flexibility index (Phi) is 6.42. The van der Waals surface area contributed by atoms with Crippen molar-refractivity contribution in [3.8, 4) is 0 Å². The zero-order valence-electron chi connectivity index (χ0n) is 15.8. The van der Waals surface area contributed by atoms with E-state index in [4.69, 9.17) is 9.31 Å². The molecule has 0 spiro atoms. The topological polar surface area (TPSA) is 18.5 Å². The van der Waals surface area contributed by atoms with Crippen LogP contribution in [0.4, 0.5) is 0 Å². The molecule has 138 valence electrons. The van der Waals surface area contributed by atoms with Gasteiger partial charge in [-0.25, -0.2) is 0 Å². The van der Waals surface area contributed by atoms with E-state index in [0.29, 0.717) is 0 Å². The second-order valence-corrected chi connectivity index (χ2v) is 10.5. The van der Waals surface area contributed by atoms with Gasteiger partial charge in [0.15, 0.2) is 0 Å². The molecular formula is C21H25BI2O2. The van der Waals surface area contributed by atoms with Gasteiger partial charge in [0.05, 0.1) is 11.2 Å². The van der Waals surface area contributed by atoms with Gasteiger partial charge in [-0.3, -0.25) is 0 Å². The maximum Gasteiger partial charge on any atom is 0.494 e. The third-order valence-electron chi connectivity index (χ3n) is 5.36. The molecule has 3 rings (SSSR count). The molecule has 0 atom stereocenters. The molecule has 2 nitrogen and oxygen atoms in total. The molecule has 26 heavy (non-hydrogen) atoms. The van der Waals surface area contributed by atoms with E-state index in [0.717, 1.165) is 24.7 Å². The van der Waals surface area contributed by atoms with Gasteiger partial charge in [0.25, 0.3) is 0 Å². The number of aryl methyl sites for hydroxylation is 2. The van der Waals surface area contributed by atoms with E-state index < -0.39 is 0 Å². The average molecular weight is 574 g/mol. The van der Waals surface area contributed by atoms with E-state index in [9.17, 15) is 0 Å². The van der Waals surface area contributed by atoms with Crippen LogP contribution in [0.2, 0.25) is 0 Å². The first-order valence-corrected chi connectivity index (χ1v) is 11.2. The SMILES string of the molecule is CC1(C)OB(c2ccc(CCCc3cc(I)cc(I)c3)cc2)OC1(C)C. The smallest absolute Gasteiger partial charge is 0.399 e. The van der Waals surface area contributed by atoms with Crippen molar-refractivity contribution in [3.05, 3.63) is 60.7 Å². The summed E-state index contributed by atoms with van der Waals surface area (Å²) in [5.74, 6) is 0. The van der Waals surface area contributed by atoms with Crippen LogP contribution in [0.15, 0.2) is 42.5 Å². The molecule has 5 heteroatoms. The fourth-order valence-corrected chi connectivity index (χ4v) is 5.14. The molecule has 2 aromatic rings. The van der Waals surface area contributed by atoms with Crippen LogP contribution in [0.25, 0.3) is 0 Å². The van der Waals surface area contributed by atoms with E-state index in [2.05, 4.69) is 115 Å². The third-order valence-corrected chi connectivity index (χ3v) is 6.60. The maximum absolute atomic E-state index is 6.13. The Balaban J connectivity index is 1.57. The van der Waals surface area contributed by atoms with Crippen molar-refractivity contribution in [1.29, 1.82) is 0 Å². The molecule has 0 bridgehead atoms. The normalized spacial score (nSPS) is 18.3. The number of hydrogen-bond donors (Lipinski definition) is 0. The summed E-state index contributed by atoms with van der Waals surface area (Å²) >= 11 is 4.78.